The molecule has 1 rings (SSSR count). The fraction of sp³-hybridized carbons (Fsp3) is 0.273. The first-order chi connectivity index (χ1) is 9.75. The van der Waals surface area contributed by atoms with Gasteiger partial charge in [-0.2, -0.15) is 0 Å². The summed E-state index contributed by atoms with van der Waals surface area (Å²) in [6.07, 6.45) is 0. The summed E-state index contributed by atoms with van der Waals surface area (Å²) in [5, 5.41) is 13.7. The standard InChI is InChI=1S/C11H14BrN3O5S/c1-13-21(19,20)5-4-14-11(18)15-9-6-7(12)2-3-8(9)10(16)17/h2-3,6,13H,4-5H2,1H3,(H,16,17)(H2,14,15,18). The minimum Gasteiger partial charge on any atom is -0.478 e. The Labute approximate surface area is 130 Å². The van der Waals surface area contributed by atoms with Gasteiger partial charge in [0, 0.05) is 11.0 Å². The third-order valence-corrected chi connectivity index (χ3v) is 4.28. The van der Waals surface area contributed by atoms with Gasteiger partial charge in [-0.1, -0.05) is 15.9 Å². The predicted octanol–water partition coefficient (Wildman–Crippen LogP) is 0.818. The first kappa shape index (κ1) is 17.4. The smallest absolute Gasteiger partial charge is 0.337 e. The number of nitrogens with one attached hydrogen (secondary N) is 3. The molecular formula is C11H14BrN3O5S. The fourth-order valence-corrected chi connectivity index (χ4v) is 2.31. The van der Waals surface area contributed by atoms with Gasteiger partial charge in [-0.05, 0) is 25.2 Å². The molecule has 0 radical (unpaired) electrons. The maximum atomic E-state index is 11.6. The van der Waals surface area contributed by atoms with Crippen LogP contribution in [0.1, 0.15) is 10.4 Å². The van der Waals surface area contributed by atoms with Crippen molar-refractivity contribution < 1.29 is 23.1 Å². The molecule has 0 heterocycles. The van der Waals surface area contributed by atoms with Crippen LogP contribution in [-0.4, -0.2) is 44.9 Å². The van der Waals surface area contributed by atoms with Gasteiger partial charge in [0.15, 0.2) is 0 Å². The average molecular weight is 380 g/mol. The van der Waals surface area contributed by atoms with Crippen molar-refractivity contribution in [3.05, 3.63) is 28.2 Å². The molecule has 0 aliphatic carbocycles. The summed E-state index contributed by atoms with van der Waals surface area (Å²) in [5.41, 5.74) is 0.0297. The molecule has 0 aliphatic heterocycles. The Hall–Kier alpha value is -1.65. The predicted molar refractivity (Wildman–Crippen MR) is 81.0 cm³/mol. The van der Waals surface area contributed by atoms with Gasteiger partial charge in [0.1, 0.15) is 0 Å². The van der Waals surface area contributed by atoms with E-state index in [1.54, 1.807) is 0 Å². The third-order valence-electron chi connectivity index (χ3n) is 2.43. The molecule has 10 heteroatoms. The lowest BCUT2D eigenvalue weighted by atomic mass is 10.2. The van der Waals surface area contributed by atoms with Crippen molar-refractivity contribution in [2.24, 2.45) is 0 Å². The lowest BCUT2D eigenvalue weighted by Gasteiger charge is -2.10. The zero-order valence-corrected chi connectivity index (χ0v) is 13.4. The zero-order chi connectivity index (χ0) is 16.0. The van der Waals surface area contributed by atoms with Crippen LogP contribution in [0.3, 0.4) is 0 Å². The van der Waals surface area contributed by atoms with E-state index in [0.717, 1.165) is 0 Å². The van der Waals surface area contributed by atoms with Crippen molar-refractivity contribution in [2.75, 3.05) is 24.7 Å². The van der Waals surface area contributed by atoms with Gasteiger partial charge in [-0.15, -0.1) is 0 Å². The number of halogens is 1. The van der Waals surface area contributed by atoms with Crippen LogP contribution < -0.4 is 15.4 Å². The Kier molecular flexibility index (Phi) is 6.12. The maximum absolute atomic E-state index is 11.6. The number of carboxylic acids is 1. The Morgan fingerprint density at radius 3 is 2.57 bits per heavy atom. The lowest BCUT2D eigenvalue weighted by molar-refractivity contribution is 0.0698. The molecule has 0 saturated heterocycles. The number of amides is 2. The molecule has 0 fully saturated rings. The van der Waals surface area contributed by atoms with Gasteiger partial charge in [0.2, 0.25) is 10.0 Å². The normalized spacial score (nSPS) is 11.0. The van der Waals surface area contributed by atoms with Gasteiger partial charge < -0.3 is 15.7 Å². The molecular weight excluding hydrogens is 366 g/mol. The molecule has 116 valence electrons. The van der Waals surface area contributed by atoms with Crippen LogP contribution in [0.4, 0.5) is 10.5 Å². The molecule has 0 bridgehead atoms. The number of urea groups is 1. The van der Waals surface area contributed by atoms with Crippen LogP contribution in [0.25, 0.3) is 0 Å². The van der Waals surface area contributed by atoms with Crippen molar-refractivity contribution in [2.45, 2.75) is 0 Å². The van der Waals surface area contributed by atoms with Crippen LogP contribution >= 0.6 is 15.9 Å². The van der Waals surface area contributed by atoms with E-state index in [1.165, 1.54) is 25.2 Å². The molecule has 4 N–H and O–H groups in total. The molecule has 0 aliphatic rings. The highest BCUT2D eigenvalue weighted by molar-refractivity contribution is 9.10. The minimum absolute atomic E-state index is 0.0730. The van der Waals surface area contributed by atoms with Gasteiger partial charge in [0.25, 0.3) is 0 Å². The third kappa shape index (κ3) is 5.69. The molecule has 1 aromatic carbocycles. The van der Waals surface area contributed by atoms with E-state index >= 15 is 0 Å². The van der Waals surface area contributed by atoms with E-state index in [9.17, 15) is 18.0 Å². The summed E-state index contributed by atoms with van der Waals surface area (Å²) >= 11 is 3.17. The number of carboxylic acid groups (broad SMARTS) is 1. The largest absolute Gasteiger partial charge is 0.478 e. The summed E-state index contributed by atoms with van der Waals surface area (Å²) in [5.74, 6) is -1.46. The summed E-state index contributed by atoms with van der Waals surface area (Å²) in [7, 11) is -2.14. The fourth-order valence-electron chi connectivity index (χ4n) is 1.37. The monoisotopic (exact) mass is 379 g/mol. The Bertz CT molecular complexity index is 647. The number of carbonyl (C=O) groups is 2. The summed E-state index contributed by atoms with van der Waals surface area (Å²) in [6.45, 7) is -0.106. The summed E-state index contributed by atoms with van der Waals surface area (Å²) in [6, 6.07) is 3.62. The van der Waals surface area contributed by atoms with E-state index in [1.807, 2.05) is 0 Å². The second-order valence-corrected chi connectivity index (χ2v) is 6.86. The molecule has 1 aromatic rings. The van der Waals surface area contributed by atoms with Crippen molar-refractivity contribution >= 4 is 43.6 Å². The molecule has 0 atom stereocenters. The highest BCUT2D eigenvalue weighted by Crippen LogP contribution is 2.21. The van der Waals surface area contributed by atoms with Gasteiger partial charge >= 0.3 is 12.0 Å². The first-order valence-corrected chi connectivity index (χ1v) is 8.18. The summed E-state index contributed by atoms with van der Waals surface area (Å²) < 4.78 is 25.0. The maximum Gasteiger partial charge on any atom is 0.337 e. The minimum atomic E-state index is -3.41. The average Bonchev–Trinajstić information content (AvgIpc) is 2.38. The van der Waals surface area contributed by atoms with E-state index in [4.69, 9.17) is 5.11 Å². The van der Waals surface area contributed by atoms with Gasteiger partial charge in [-0.25, -0.2) is 22.7 Å². The number of sulfonamides is 1. The van der Waals surface area contributed by atoms with Crippen LogP contribution in [0.2, 0.25) is 0 Å². The quantitative estimate of drug-likeness (QED) is 0.582. The van der Waals surface area contributed by atoms with Crippen LogP contribution in [0.15, 0.2) is 22.7 Å². The highest BCUT2D eigenvalue weighted by atomic mass is 79.9. The molecule has 21 heavy (non-hydrogen) atoms. The van der Waals surface area contributed by atoms with Crippen molar-refractivity contribution in [3.8, 4) is 0 Å². The van der Waals surface area contributed by atoms with Gasteiger partial charge in [-0.3, -0.25) is 0 Å². The topological polar surface area (TPSA) is 125 Å². The number of anilines is 1. The van der Waals surface area contributed by atoms with Crippen LogP contribution in [0, 0.1) is 0 Å². The van der Waals surface area contributed by atoms with E-state index in [2.05, 4.69) is 31.3 Å². The highest BCUT2D eigenvalue weighted by Gasteiger charge is 2.13. The van der Waals surface area contributed by atoms with Crippen LogP contribution in [0.5, 0.6) is 0 Å². The molecule has 2 amide bonds. The molecule has 8 nitrogen and oxygen atoms in total. The lowest BCUT2D eigenvalue weighted by Crippen LogP contribution is -2.35. The summed E-state index contributed by atoms with van der Waals surface area (Å²) in [4.78, 5) is 22.7. The Morgan fingerprint density at radius 2 is 2.00 bits per heavy atom. The molecule has 0 spiro atoms. The number of carbonyl (C=O) groups excluding carboxylic acids is 1. The second-order valence-electron chi connectivity index (χ2n) is 3.90. The zero-order valence-electron chi connectivity index (χ0n) is 11.0. The Balaban J connectivity index is 2.67. The number of rotatable bonds is 6. The molecule has 0 saturated carbocycles. The number of aromatic carboxylic acids is 1. The van der Waals surface area contributed by atoms with Crippen molar-refractivity contribution in [1.82, 2.24) is 10.0 Å². The SMILES string of the molecule is CNS(=O)(=O)CCNC(=O)Nc1cc(Br)ccc1C(=O)O. The second kappa shape index (κ2) is 7.38. The number of hydrogen-bond donors (Lipinski definition) is 4. The van der Waals surface area contributed by atoms with Gasteiger partial charge in [0.05, 0.1) is 17.0 Å². The Morgan fingerprint density at radius 1 is 1.33 bits per heavy atom. The van der Waals surface area contributed by atoms with E-state index in [-0.39, 0.29) is 23.5 Å². The van der Waals surface area contributed by atoms with Crippen molar-refractivity contribution in [3.63, 3.8) is 0 Å². The molecule has 0 aromatic heterocycles. The van der Waals surface area contributed by atoms with E-state index < -0.39 is 22.0 Å². The van der Waals surface area contributed by atoms with Crippen LogP contribution in [-0.2, 0) is 10.0 Å². The van der Waals surface area contributed by atoms with E-state index in [0.29, 0.717) is 4.47 Å². The number of benzene rings is 1. The number of hydrogen-bond acceptors (Lipinski definition) is 4. The first-order valence-electron chi connectivity index (χ1n) is 5.74. The van der Waals surface area contributed by atoms with Crippen molar-refractivity contribution in [1.29, 1.82) is 0 Å². The molecule has 0 unspecified atom stereocenters.